The minimum atomic E-state index is -0.0825. The first-order valence-corrected chi connectivity index (χ1v) is 8.72. The molecular weight excluding hydrogens is 300 g/mol. The van der Waals surface area contributed by atoms with Crippen molar-refractivity contribution in [1.29, 1.82) is 0 Å². The maximum atomic E-state index is 12.2. The number of thiophene rings is 1. The molecule has 1 aromatic heterocycles. The summed E-state index contributed by atoms with van der Waals surface area (Å²) in [4.78, 5) is 15.1. The van der Waals surface area contributed by atoms with E-state index in [1.165, 1.54) is 24.2 Å². The zero-order valence-corrected chi connectivity index (χ0v) is 14.4. The molecule has 1 saturated heterocycles. The van der Waals surface area contributed by atoms with E-state index in [0.29, 0.717) is 26.9 Å². The number of nitrogens with one attached hydrogen (secondary N) is 1. The highest BCUT2D eigenvalue weighted by molar-refractivity contribution is 7.80. The molecule has 2 unspecified atom stereocenters. The van der Waals surface area contributed by atoms with E-state index in [1.54, 1.807) is 0 Å². The van der Waals surface area contributed by atoms with Crippen LogP contribution in [0.4, 0.5) is 0 Å². The monoisotopic (exact) mass is 322 g/mol. The summed E-state index contributed by atoms with van der Waals surface area (Å²) in [7, 11) is 0. The van der Waals surface area contributed by atoms with Gasteiger partial charge in [0, 0.05) is 12.6 Å². The molecule has 1 aliphatic carbocycles. The normalized spacial score (nSPS) is 30.2. The third kappa shape index (κ3) is 2.99. The van der Waals surface area contributed by atoms with E-state index < -0.39 is 0 Å². The van der Waals surface area contributed by atoms with Crippen molar-refractivity contribution in [2.45, 2.75) is 46.1 Å². The highest BCUT2D eigenvalue weighted by atomic mass is 32.1. The average Bonchev–Trinajstić information content (AvgIpc) is 2.93. The van der Waals surface area contributed by atoms with Crippen LogP contribution in [0.5, 0.6) is 0 Å². The molecule has 3 nitrogen and oxygen atoms in total. The molecule has 1 saturated carbocycles. The average molecular weight is 322 g/mol. The molecule has 2 aliphatic rings. The maximum absolute atomic E-state index is 12.2. The van der Waals surface area contributed by atoms with E-state index >= 15 is 0 Å². The number of carbonyl (C=O) groups excluding carboxylic acids is 1. The largest absolute Gasteiger partial charge is 0.345 e. The van der Waals surface area contributed by atoms with Gasteiger partial charge in [-0.05, 0) is 53.8 Å². The summed E-state index contributed by atoms with van der Waals surface area (Å²) in [6.07, 6.45) is 3.57. The van der Waals surface area contributed by atoms with Crippen molar-refractivity contribution >= 4 is 34.6 Å². The number of likely N-dealkylation sites (tertiary alicyclic amines) is 1. The van der Waals surface area contributed by atoms with Gasteiger partial charge in [-0.1, -0.05) is 26.8 Å². The summed E-state index contributed by atoms with van der Waals surface area (Å²) in [6.45, 7) is 8.00. The van der Waals surface area contributed by atoms with Gasteiger partial charge in [-0.3, -0.25) is 10.1 Å². The topological polar surface area (TPSA) is 32.3 Å². The minimum absolute atomic E-state index is 0.0825. The van der Waals surface area contributed by atoms with Crippen LogP contribution in [0.3, 0.4) is 0 Å². The molecule has 2 bridgehead atoms. The van der Waals surface area contributed by atoms with Crippen LogP contribution in [0.2, 0.25) is 0 Å². The fraction of sp³-hybridized carbons (Fsp3) is 0.625. The van der Waals surface area contributed by atoms with Gasteiger partial charge in [0.05, 0.1) is 4.88 Å². The predicted molar refractivity (Wildman–Crippen MR) is 90.6 cm³/mol. The summed E-state index contributed by atoms with van der Waals surface area (Å²) in [6, 6.07) is 4.18. The summed E-state index contributed by atoms with van der Waals surface area (Å²) in [5, 5.41) is 5.41. The van der Waals surface area contributed by atoms with Crippen LogP contribution in [-0.2, 0) is 0 Å². The Morgan fingerprint density at radius 2 is 2.19 bits per heavy atom. The zero-order chi connectivity index (χ0) is 15.3. The van der Waals surface area contributed by atoms with E-state index in [9.17, 15) is 4.79 Å². The van der Waals surface area contributed by atoms with E-state index in [2.05, 4.69) is 31.0 Å². The summed E-state index contributed by atoms with van der Waals surface area (Å²) in [5.74, 6) is -0.0825. The molecule has 0 aromatic carbocycles. The van der Waals surface area contributed by atoms with Crippen LogP contribution in [-0.4, -0.2) is 28.5 Å². The van der Waals surface area contributed by atoms with Gasteiger partial charge in [-0.2, -0.15) is 0 Å². The number of amides is 1. The van der Waals surface area contributed by atoms with Gasteiger partial charge in [0.1, 0.15) is 0 Å². The lowest BCUT2D eigenvalue weighted by molar-refractivity contribution is 0.0976. The molecule has 21 heavy (non-hydrogen) atoms. The Morgan fingerprint density at radius 3 is 2.86 bits per heavy atom. The first-order chi connectivity index (χ1) is 9.78. The summed E-state index contributed by atoms with van der Waals surface area (Å²) in [5.41, 5.74) is 0.684. The zero-order valence-electron chi connectivity index (χ0n) is 12.8. The third-order valence-electron chi connectivity index (χ3n) is 4.64. The van der Waals surface area contributed by atoms with Crippen molar-refractivity contribution in [3.8, 4) is 0 Å². The Bertz CT molecular complexity index is 567. The molecule has 2 atom stereocenters. The molecule has 1 amide bonds. The van der Waals surface area contributed by atoms with E-state index in [0.717, 1.165) is 13.0 Å². The number of hydrogen-bond donors (Lipinski definition) is 1. The third-order valence-corrected chi connectivity index (χ3v) is 5.85. The van der Waals surface area contributed by atoms with Crippen LogP contribution < -0.4 is 5.32 Å². The first-order valence-electron chi connectivity index (χ1n) is 7.44. The fourth-order valence-electron chi connectivity index (χ4n) is 4.34. The SMILES string of the molecule is CC1(C)CC2CC(C)(CN2C(=S)NC(=O)c2cccs2)C1. The molecule has 1 aromatic rings. The summed E-state index contributed by atoms with van der Waals surface area (Å²) >= 11 is 6.96. The molecule has 1 N–H and O–H groups in total. The maximum Gasteiger partial charge on any atom is 0.267 e. The lowest BCUT2D eigenvalue weighted by Crippen LogP contribution is -2.45. The molecule has 3 rings (SSSR count). The second-order valence-electron chi connectivity index (χ2n) is 7.58. The van der Waals surface area contributed by atoms with E-state index in [4.69, 9.17) is 12.2 Å². The van der Waals surface area contributed by atoms with Crippen LogP contribution in [0, 0.1) is 10.8 Å². The minimum Gasteiger partial charge on any atom is -0.345 e. The Morgan fingerprint density at radius 1 is 1.43 bits per heavy atom. The van der Waals surface area contributed by atoms with Gasteiger partial charge in [0.25, 0.3) is 5.91 Å². The Balaban J connectivity index is 1.70. The molecule has 5 heteroatoms. The van der Waals surface area contributed by atoms with Crippen LogP contribution >= 0.6 is 23.6 Å². The highest BCUT2D eigenvalue weighted by Gasteiger charge is 2.50. The highest BCUT2D eigenvalue weighted by Crippen LogP contribution is 2.52. The molecule has 114 valence electrons. The van der Waals surface area contributed by atoms with Gasteiger partial charge < -0.3 is 4.90 Å². The standard InChI is InChI=1S/C16H22N2OS2/c1-15(2)7-11-8-16(3,9-15)10-18(11)14(20)17-13(19)12-5-4-6-21-12/h4-6,11H,7-10H2,1-3H3,(H,17,19,20). The van der Waals surface area contributed by atoms with Crippen molar-refractivity contribution in [2.24, 2.45) is 10.8 Å². The van der Waals surface area contributed by atoms with Crippen molar-refractivity contribution in [1.82, 2.24) is 10.2 Å². The number of nitrogens with zero attached hydrogens (tertiary/aromatic N) is 1. The molecule has 2 fully saturated rings. The lowest BCUT2D eigenvalue weighted by Gasteiger charge is -2.39. The predicted octanol–water partition coefficient (Wildman–Crippen LogP) is 3.66. The number of carbonyl (C=O) groups is 1. The van der Waals surface area contributed by atoms with Crippen molar-refractivity contribution in [3.05, 3.63) is 22.4 Å². The number of thiocarbonyl (C=S) groups is 1. The molecule has 0 radical (unpaired) electrons. The van der Waals surface area contributed by atoms with Crippen LogP contribution in [0.1, 0.15) is 49.7 Å². The lowest BCUT2D eigenvalue weighted by atomic mass is 9.65. The van der Waals surface area contributed by atoms with Gasteiger partial charge in [0.2, 0.25) is 0 Å². The van der Waals surface area contributed by atoms with E-state index in [1.807, 2.05) is 17.5 Å². The molecule has 2 heterocycles. The van der Waals surface area contributed by atoms with Crippen molar-refractivity contribution in [3.63, 3.8) is 0 Å². The number of hydrogen-bond acceptors (Lipinski definition) is 3. The molecular formula is C16H22N2OS2. The van der Waals surface area contributed by atoms with Gasteiger partial charge >= 0.3 is 0 Å². The second-order valence-corrected chi connectivity index (χ2v) is 8.91. The Kier molecular flexibility index (Phi) is 3.61. The first kappa shape index (κ1) is 15.0. The fourth-order valence-corrected chi connectivity index (χ4v) is 5.26. The quantitative estimate of drug-likeness (QED) is 0.801. The van der Waals surface area contributed by atoms with E-state index in [-0.39, 0.29) is 5.91 Å². The van der Waals surface area contributed by atoms with Crippen LogP contribution in [0.25, 0.3) is 0 Å². The molecule has 1 aliphatic heterocycles. The Labute approximate surface area is 135 Å². The van der Waals surface area contributed by atoms with Gasteiger partial charge in [-0.25, -0.2) is 0 Å². The number of rotatable bonds is 1. The van der Waals surface area contributed by atoms with Gasteiger partial charge in [0.15, 0.2) is 5.11 Å². The number of fused-ring (bicyclic) bond motifs is 2. The van der Waals surface area contributed by atoms with Gasteiger partial charge in [-0.15, -0.1) is 11.3 Å². The second kappa shape index (κ2) is 5.06. The van der Waals surface area contributed by atoms with Crippen molar-refractivity contribution in [2.75, 3.05) is 6.54 Å². The molecule has 0 spiro atoms. The van der Waals surface area contributed by atoms with Crippen LogP contribution in [0.15, 0.2) is 17.5 Å². The smallest absolute Gasteiger partial charge is 0.267 e. The van der Waals surface area contributed by atoms with Crippen molar-refractivity contribution < 1.29 is 4.79 Å². The Hall–Kier alpha value is -0.940. The summed E-state index contributed by atoms with van der Waals surface area (Å²) < 4.78 is 0.